The summed E-state index contributed by atoms with van der Waals surface area (Å²) in [5.41, 5.74) is 0. The molecule has 0 saturated carbocycles. The molecule has 0 aromatic rings. The van der Waals surface area contributed by atoms with Gasteiger partial charge in [0.1, 0.15) is 5.78 Å². The van der Waals surface area contributed by atoms with Gasteiger partial charge in [-0.25, -0.2) is 4.79 Å². The number of nitrogens with one attached hydrogen (secondary N) is 1. The second-order valence-corrected chi connectivity index (χ2v) is 3.34. The van der Waals surface area contributed by atoms with Crippen molar-refractivity contribution in [1.82, 2.24) is 10.4 Å². The molecule has 3 amide bonds. The molecule has 0 unspecified atom stereocenters. The van der Waals surface area contributed by atoms with Gasteiger partial charge in [-0.3, -0.25) is 14.4 Å². The summed E-state index contributed by atoms with van der Waals surface area (Å²) in [4.78, 5) is 48.2. The molecule has 1 heterocycles. The fourth-order valence-electron chi connectivity index (χ4n) is 1.11. The molecule has 1 N–H and O–H groups in total. The van der Waals surface area contributed by atoms with E-state index in [2.05, 4.69) is 10.2 Å². The molecular formula is C9H12N2O5. The zero-order chi connectivity index (χ0) is 12.1. The number of imide groups is 1. The van der Waals surface area contributed by atoms with Crippen LogP contribution in [0.3, 0.4) is 0 Å². The molecule has 0 radical (unpaired) electrons. The Labute approximate surface area is 91.7 Å². The lowest BCUT2D eigenvalue weighted by Gasteiger charge is -2.12. The van der Waals surface area contributed by atoms with Crippen molar-refractivity contribution in [2.75, 3.05) is 6.54 Å². The van der Waals surface area contributed by atoms with Crippen molar-refractivity contribution in [3.63, 3.8) is 0 Å². The molecule has 0 aromatic heterocycles. The maximum atomic E-state index is 11.1. The van der Waals surface area contributed by atoms with Crippen LogP contribution in [-0.2, 0) is 19.2 Å². The third-order valence-corrected chi connectivity index (χ3v) is 1.93. The minimum Gasteiger partial charge on any atom is -0.319 e. The summed E-state index contributed by atoms with van der Waals surface area (Å²) >= 11 is 0. The van der Waals surface area contributed by atoms with Crippen LogP contribution in [-0.4, -0.2) is 35.3 Å². The van der Waals surface area contributed by atoms with Gasteiger partial charge in [-0.15, -0.1) is 5.06 Å². The third kappa shape index (κ3) is 3.34. The summed E-state index contributed by atoms with van der Waals surface area (Å²) in [5.74, 6) is -1.15. The quantitative estimate of drug-likeness (QED) is 0.670. The zero-order valence-corrected chi connectivity index (χ0v) is 8.82. The van der Waals surface area contributed by atoms with Crippen LogP contribution >= 0.6 is 0 Å². The van der Waals surface area contributed by atoms with Gasteiger partial charge in [0.25, 0.3) is 11.8 Å². The van der Waals surface area contributed by atoms with Crippen LogP contribution < -0.4 is 5.32 Å². The number of carbonyl (C=O) groups is 4. The third-order valence-electron chi connectivity index (χ3n) is 1.93. The van der Waals surface area contributed by atoms with Crippen LogP contribution in [0.5, 0.6) is 0 Å². The molecule has 0 spiro atoms. The Hall–Kier alpha value is -1.92. The predicted octanol–water partition coefficient (Wildman–Crippen LogP) is -0.244. The number of Topliss-reactive ketones (excluding diaryl/α,β-unsaturated/α-hetero) is 1. The van der Waals surface area contributed by atoms with Gasteiger partial charge in [-0.1, -0.05) is 0 Å². The van der Waals surface area contributed by atoms with Gasteiger partial charge in [0.2, 0.25) is 0 Å². The highest BCUT2D eigenvalue weighted by Crippen LogP contribution is 2.11. The topological polar surface area (TPSA) is 92.8 Å². The number of hydrogen-bond acceptors (Lipinski definition) is 5. The van der Waals surface area contributed by atoms with Gasteiger partial charge < -0.3 is 10.2 Å². The fourth-order valence-corrected chi connectivity index (χ4v) is 1.11. The van der Waals surface area contributed by atoms with Crippen molar-refractivity contribution >= 4 is 23.7 Å². The van der Waals surface area contributed by atoms with Gasteiger partial charge in [0.15, 0.2) is 0 Å². The average molecular weight is 228 g/mol. The first-order chi connectivity index (χ1) is 7.50. The van der Waals surface area contributed by atoms with Gasteiger partial charge in [0.05, 0.1) is 0 Å². The first kappa shape index (κ1) is 12.2. The van der Waals surface area contributed by atoms with Crippen LogP contribution in [0.15, 0.2) is 0 Å². The van der Waals surface area contributed by atoms with E-state index in [9.17, 15) is 19.2 Å². The molecular weight excluding hydrogens is 216 g/mol. The molecule has 1 saturated heterocycles. The average Bonchev–Trinajstić information content (AvgIpc) is 2.49. The van der Waals surface area contributed by atoms with E-state index in [0.29, 0.717) is 5.06 Å². The maximum Gasteiger partial charge on any atom is 0.432 e. The number of carbonyl (C=O) groups excluding carboxylic acids is 4. The normalized spacial score (nSPS) is 15.2. The highest BCUT2D eigenvalue weighted by Gasteiger charge is 2.32. The van der Waals surface area contributed by atoms with Crippen LogP contribution in [0, 0.1) is 0 Å². The Morgan fingerprint density at radius 3 is 2.38 bits per heavy atom. The Morgan fingerprint density at radius 1 is 1.31 bits per heavy atom. The van der Waals surface area contributed by atoms with Gasteiger partial charge in [-0.2, -0.15) is 0 Å². The lowest BCUT2D eigenvalue weighted by atomic mass is 10.3. The Kier molecular flexibility index (Phi) is 3.98. The monoisotopic (exact) mass is 228 g/mol. The highest BCUT2D eigenvalue weighted by molar-refractivity contribution is 6.01. The summed E-state index contributed by atoms with van der Waals surface area (Å²) in [6.45, 7) is 1.50. The Balaban J connectivity index is 2.31. The molecule has 88 valence electrons. The number of nitrogens with zero attached hydrogens (tertiary/aromatic N) is 1. The SMILES string of the molecule is CC(=O)CCNC(=O)ON1C(=O)CCC1=O. The molecule has 1 rings (SSSR count). The van der Waals surface area contributed by atoms with Crippen molar-refractivity contribution in [2.45, 2.75) is 26.2 Å². The predicted molar refractivity (Wildman–Crippen MR) is 50.9 cm³/mol. The smallest absolute Gasteiger partial charge is 0.319 e. The number of rotatable bonds is 4. The molecule has 7 heteroatoms. The fraction of sp³-hybridized carbons (Fsp3) is 0.556. The van der Waals surface area contributed by atoms with Crippen molar-refractivity contribution in [1.29, 1.82) is 0 Å². The molecule has 0 aromatic carbocycles. The minimum absolute atomic E-state index is 0.0551. The van der Waals surface area contributed by atoms with Gasteiger partial charge in [-0.05, 0) is 6.92 Å². The van der Waals surface area contributed by atoms with Gasteiger partial charge in [0, 0.05) is 25.8 Å². The summed E-state index contributed by atoms with van der Waals surface area (Å²) in [5, 5.41) is 2.70. The molecule has 1 fully saturated rings. The standard InChI is InChI=1S/C9H12N2O5/c1-6(12)4-5-10-9(15)16-11-7(13)2-3-8(11)14/h2-5H2,1H3,(H,10,15). The molecule has 7 nitrogen and oxygen atoms in total. The van der Waals surface area contributed by atoms with E-state index >= 15 is 0 Å². The molecule has 16 heavy (non-hydrogen) atoms. The first-order valence-corrected chi connectivity index (χ1v) is 4.81. The number of hydroxylamine groups is 2. The summed E-state index contributed by atoms with van der Waals surface area (Å²) in [6.07, 6.45) is -0.624. The number of hydrogen-bond donors (Lipinski definition) is 1. The second kappa shape index (κ2) is 5.24. The number of amides is 3. The first-order valence-electron chi connectivity index (χ1n) is 4.81. The van der Waals surface area contributed by atoms with Gasteiger partial charge >= 0.3 is 6.09 Å². The van der Waals surface area contributed by atoms with E-state index in [1.807, 2.05) is 0 Å². The summed E-state index contributed by atoms with van der Waals surface area (Å²) in [7, 11) is 0. The molecule has 1 aliphatic heterocycles. The molecule has 0 bridgehead atoms. The van der Waals surface area contributed by atoms with Crippen molar-refractivity contribution < 1.29 is 24.0 Å². The molecule has 0 aliphatic carbocycles. The lowest BCUT2D eigenvalue weighted by Crippen LogP contribution is -2.37. The van der Waals surface area contributed by atoms with Crippen molar-refractivity contribution in [3.8, 4) is 0 Å². The highest BCUT2D eigenvalue weighted by atomic mass is 16.7. The van der Waals surface area contributed by atoms with E-state index in [1.165, 1.54) is 6.92 Å². The second-order valence-electron chi connectivity index (χ2n) is 3.34. The maximum absolute atomic E-state index is 11.1. The Morgan fingerprint density at radius 2 is 1.88 bits per heavy atom. The van der Waals surface area contributed by atoms with E-state index in [4.69, 9.17) is 0 Å². The van der Waals surface area contributed by atoms with Crippen LogP contribution in [0.25, 0.3) is 0 Å². The number of ketones is 1. The van der Waals surface area contributed by atoms with E-state index in [0.717, 1.165) is 0 Å². The molecule has 0 atom stereocenters. The van der Waals surface area contributed by atoms with Crippen molar-refractivity contribution in [2.24, 2.45) is 0 Å². The zero-order valence-electron chi connectivity index (χ0n) is 8.82. The minimum atomic E-state index is -0.912. The molecule has 1 aliphatic rings. The summed E-state index contributed by atoms with van der Waals surface area (Å²) < 4.78 is 0. The van der Waals surface area contributed by atoms with Crippen LogP contribution in [0.4, 0.5) is 4.79 Å². The van der Waals surface area contributed by atoms with Crippen LogP contribution in [0.1, 0.15) is 26.2 Å². The van der Waals surface area contributed by atoms with Crippen molar-refractivity contribution in [3.05, 3.63) is 0 Å². The largest absolute Gasteiger partial charge is 0.432 e. The van der Waals surface area contributed by atoms with E-state index in [-0.39, 0.29) is 31.6 Å². The lowest BCUT2D eigenvalue weighted by molar-refractivity contribution is -0.171. The van der Waals surface area contributed by atoms with E-state index in [1.54, 1.807) is 0 Å². The van der Waals surface area contributed by atoms with Crippen LogP contribution in [0.2, 0.25) is 0 Å². The van der Waals surface area contributed by atoms with E-state index < -0.39 is 17.9 Å². The Bertz CT molecular complexity index is 323. The summed E-state index contributed by atoms with van der Waals surface area (Å²) in [6, 6.07) is 0.